The third-order valence-corrected chi connectivity index (χ3v) is 4.66. The third kappa shape index (κ3) is 3.21. The molecule has 0 atom stereocenters. The minimum Gasteiger partial charge on any atom is -0.487 e. The standard InChI is InChI=1S/C21H24N2O3/c1-20(2)12-14-10-15(8-9-17(14)25-20)22-19(24)23-16-7-5-6-13-11-21(3,4)26-18(13)16/h5-10H,11-12H2,1-4H3,(H2,22,23,24). The molecule has 2 aromatic rings. The SMILES string of the molecule is CC1(C)Cc2cc(NC(=O)Nc3cccc4c3OC(C)(C)C4)ccc2O1. The average Bonchev–Trinajstić information content (AvgIpc) is 3.00. The summed E-state index contributed by atoms with van der Waals surface area (Å²) in [6.45, 7) is 8.21. The number of benzene rings is 2. The van der Waals surface area contributed by atoms with Gasteiger partial charge in [-0.1, -0.05) is 12.1 Å². The van der Waals surface area contributed by atoms with E-state index in [1.165, 1.54) is 0 Å². The van der Waals surface area contributed by atoms with Gasteiger partial charge in [0.25, 0.3) is 0 Å². The monoisotopic (exact) mass is 352 g/mol. The first kappa shape index (κ1) is 16.8. The van der Waals surface area contributed by atoms with Gasteiger partial charge < -0.3 is 20.1 Å². The molecule has 2 heterocycles. The van der Waals surface area contributed by atoms with Gasteiger partial charge in [0.1, 0.15) is 22.7 Å². The van der Waals surface area contributed by atoms with E-state index in [1.807, 2.05) is 50.2 Å². The number of carbonyl (C=O) groups excluding carboxylic acids is 1. The van der Waals surface area contributed by atoms with E-state index >= 15 is 0 Å². The van der Waals surface area contributed by atoms with Crippen LogP contribution in [0.1, 0.15) is 38.8 Å². The molecule has 2 aliphatic heterocycles. The van der Waals surface area contributed by atoms with Crippen molar-refractivity contribution in [2.75, 3.05) is 10.6 Å². The smallest absolute Gasteiger partial charge is 0.323 e. The molecule has 0 saturated heterocycles. The predicted octanol–water partition coefficient (Wildman–Crippen LogP) is 4.76. The molecule has 0 aliphatic carbocycles. The fraction of sp³-hybridized carbons (Fsp3) is 0.381. The average molecular weight is 352 g/mol. The summed E-state index contributed by atoms with van der Waals surface area (Å²) in [4.78, 5) is 12.5. The van der Waals surface area contributed by atoms with Gasteiger partial charge in [-0.05, 0) is 52.0 Å². The normalized spacial score (nSPS) is 18.3. The van der Waals surface area contributed by atoms with Crippen molar-refractivity contribution in [1.29, 1.82) is 0 Å². The van der Waals surface area contributed by atoms with E-state index in [2.05, 4.69) is 24.5 Å². The number of anilines is 2. The van der Waals surface area contributed by atoms with Crippen molar-refractivity contribution >= 4 is 17.4 Å². The molecule has 0 bridgehead atoms. The summed E-state index contributed by atoms with van der Waals surface area (Å²) >= 11 is 0. The molecular weight excluding hydrogens is 328 g/mol. The number of hydrogen-bond acceptors (Lipinski definition) is 3. The Morgan fingerprint density at radius 3 is 2.46 bits per heavy atom. The fourth-order valence-electron chi connectivity index (χ4n) is 3.69. The molecule has 5 nitrogen and oxygen atoms in total. The Balaban J connectivity index is 1.48. The summed E-state index contributed by atoms with van der Waals surface area (Å²) in [5, 5.41) is 5.80. The third-order valence-electron chi connectivity index (χ3n) is 4.66. The largest absolute Gasteiger partial charge is 0.487 e. The number of carbonyl (C=O) groups is 1. The van der Waals surface area contributed by atoms with Crippen LogP contribution in [0.2, 0.25) is 0 Å². The van der Waals surface area contributed by atoms with Gasteiger partial charge in [-0.15, -0.1) is 0 Å². The Morgan fingerprint density at radius 1 is 0.923 bits per heavy atom. The van der Waals surface area contributed by atoms with Crippen LogP contribution in [0.25, 0.3) is 0 Å². The number of urea groups is 1. The second kappa shape index (κ2) is 5.66. The molecule has 26 heavy (non-hydrogen) atoms. The lowest BCUT2D eigenvalue weighted by Gasteiger charge is -2.18. The number of nitrogens with one attached hydrogen (secondary N) is 2. The van der Waals surface area contributed by atoms with Crippen molar-refractivity contribution in [2.45, 2.75) is 51.7 Å². The van der Waals surface area contributed by atoms with Gasteiger partial charge >= 0.3 is 6.03 Å². The number of rotatable bonds is 2. The first-order valence-corrected chi connectivity index (χ1v) is 8.92. The molecule has 5 heteroatoms. The van der Waals surface area contributed by atoms with Gasteiger partial charge in [-0.3, -0.25) is 0 Å². The van der Waals surface area contributed by atoms with Crippen molar-refractivity contribution in [3.63, 3.8) is 0 Å². The number of amides is 2. The lowest BCUT2D eigenvalue weighted by Crippen LogP contribution is -2.25. The van der Waals surface area contributed by atoms with Gasteiger partial charge in [0.05, 0.1) is 5.69 Å². The zero-order chi connectivity index (χ0) is 18.5. The molecule has 0 saturated carbocycles. The maximum atomic E-state index is 12.5. The van der Waals surface area contributed by atoms with Crippen LogP contribution in [-0.4, -0.2) is 17.2 Å². The number of para-hydroxylation sites is 1. The van der Waals surface area contributed by atoms with E-state index in [4.69, 9.17) is 9.47 Å². The maximum Gasteiger partial charge on any atom is 0.323 e. The van der Waals surface area contributed by atoms with Crippen LogP contribution < -0.4 is 20.1 Å². The Morgan fingerprint density at radius 2 is 1.65 bits per heavy atom. The van der Waals surface area contributed by atoms with Gasteiger partial charge in [-0.25, -0.2) is 4.79 Å². The van der Waals surface area contributed by atoms with Crippen LogP contribution in [0.15, 0.2) is 36.4 Å². The van der Waals surface area contributed by atoms with E-state index in [-0.39, 0.29) is 17.2 Å². The van der Waals surface area contributed by atoms with Crippen molar-refractivity contribution in [2.24, 2.45) is 0 Å². The Kier molecular flexibility index (Phi) is 3.65. The zero-order valence-electron chi connectivity index (χ0n) is 15.6. The second-order valence-corrected chi connectivity index (χ2v) is 8.27. The molecule has 2 aromatic carbocycles. The summed E-state index contributed by atoms with van der Waals surface area (Å²) in [6.07, 6.45) is 1.66. The highest BCUT2D eigenvalue weighted by Crippen LogP contribution is 2.40. The van der Waals surface area contributed by atoms with Crippen LogP contribution >= 0.6 is 0 Å². The van der Waals surface area contributed by atoms with Gasteiger partial charge in [-0.2, -0.15) is 0 Å². The second-order valence-electron chi connectivity index (χ2n) is 8.27. The summed E-state index contributed by atoms with van der Waals surface area (Å²) in [5.74, 6) is 1.65. The molecule has 0 aromatic heterocycles. The molecule has 2 N–H and O–H groups in total. The maximum absolute atomic E-state index is 12.5. The van der Waals surface area contributed by atoms with Crippen LogP contribution in [-0.2, 0) is 12.8 Å². The summed E-state index contributed by atoms with van der Waals surface area (Å²) in [5.41, 5.74) is 3.22. The van der Waals surface area contributed by atoms with E-state index in [0.717, 1.165) is 41.2 Å². The fourth-order valence-corrected chi connectivity index (χ4v) is 3.69. The summed E-state index contributed by atoms with van der Waals surface area (Å²) in [6, 6.07) is 11.3. The quantitative estimate of drug-likeness (QED) is 0.819. The van der Waals surface area contributed by atoms with E-state index in [1.54, 1.807) is 0 Å². The highest BCUT2D eigenvalue weighted by Gasteiger charge is 2.32. The highest BCUT2D eigenvalue weighted by molar-refractivity contribution is 6.01. The first-order valence-electron chi connectivity index (χ1n) is 8.92. The van der Waals surface area contributed by atoms with Gasteiger partial charge in [0.15, 0.2) is 0 Å². The first-order chi connectivity index (χ1) is 12.2. The lowest BCUT2D eigenvalue weighted by molar-refractivity contribution is 0.138. The predicted molar refractivity (Wildman–Crippen MR) is 102 cm³/mol. The summed E-state index contributed by atoms with van der Waals surface area (Å²) in [7, 11) is 0. The Labute approximate surface area is 153 Å². The summed E-state index contributed by atoms with van der Waals surface area (Å²) < 4.78 is 11.9. The molecular formula is C21H24N2O3. The van der Waals surface area contributed by atoms with E-state index in [0.29, 0.717) is 5.69 Å². The van der Waals surface area contributed by atoms with E-state index in [9.17, 15) is 4.79 Å². The van der Waals surface area contributed by atoms with Crippen LogP contribution in [0.4, 0.5) is 16.2 Å². The molecule has 0 radical (unpaired) electrons. The van der Waals surface area contributed by atoms with E-state index < -0.39 is 0 Å². The number of fused-ring (bicyclic) bond motifs is 2. The van der Waals surface area contributed by atoms with Crippen LogP contribution in [0.3, 0.4) is 0 Å². The molecule has 136 valence electrons. The Bertz CT molecular complexity index is 887. The van der Waals surface area contributed by atoms with Crippen molar-refractivity contribution < 1.29 is 14.3 Å². The van der Waals surface area contributed by atoms with Crippen molar-refractivity contribution in [1.82, 2.24) is 0 Å². The van der Waals surface area contributed by atoms with Gasteiger partial charge in [0, 0.05) is 29.7 Å². The molecule has 0 fully saturated rings. The van der Waals surface area contributed by atoms with Gasteiger partial charge in [0.2, 0.25) is 0 Å². The zero-order valence-corrected chi connectivity index (χ0v) is 15.6. The topological polar surface area (TPSA) is 59.6 Å². The molecule has 2 amide bonds. The van der Waals surface area contributed by atoms with Crippen LogP contribution in [0.5, 0.6) is 11.5 Å². The molecule has 2 aliphatic rings. The molecule has 4 rings (SSSR count). The minimum atomic E-state index is -0.287. The van der Waals surface area contributed by atoms with Crippen molar-refractivity contribution in [3.8, 4) is 11.5 Å². The Hall–Kier alpha value is -2.69. The lowest BCUT2D eigenvalue weighted by atomic mass is 10.0. The van der Waals surface area contributed by atoms with Crippen molar-refractivity contribution in [3.05, 3.63) is 47.5 Å². The molecule has 0 spiro atoms. The number of ether oxygens (including phenoxy) is 2. The highest BCUT2D eigenvalue weighted by atomic mass is 16.5. The minimum absolute atomic E-state index is 0.196. The molecule has 0 unspecified atom stereocenters. The van der Waals surface area contributed by atoms with Crippen LogP contribution in [0, 0.1) is 0 Å². The number of hydrogen-bond donors (Lipinski definition) is 2.